The van der Waals surface area contributed by atoms with Crippen molar-refractivity contribution in [3.8, 4) is 0 Å². The van der Waals surface area contributed by atoms with Crippen LogP contribution in [0.5, 0.6) is 0 Å². The van der Waals surface area contributed by atoms with Crippen LogP contribution in [0.2, 0.25) is 0 Å². The molecule has 1 aromatic heterocycles. The zero-order chi connectivity index (χ0) is 9.97. The molecular weight excluding hydrogens is 196 g/mol. The van der Waals surface area contributed by atoms with Crippen LogP contribution < -0.4 is 0 Å². The maximum Gasteiger partial charge on any atom is 0.0973 e. The van der Waals surface area contributed by atoms with Gasteiger partial charge in [0.25, 0.3) is 0 Å². The topological polar surface area (TPSA) is 36.4 Å². The van der Waals surface area contributed by atoms with E-state index in [1.807, 2.05) is 5.38 Å². The van der Waals surface area contributed by atoms with Crippen LogP contribution in [-0.2, 0) is 6.61 Å². The SMILES string of the molecule is CCN1CCC(c2nc(CO)cs2)C1. The Morgan fingerprint density at radius 3 is 3.14 bits per heavy atom. The molecule has 4 heteroatoms. The zero-order valence-electron chi connectivity index (χ0n) is 8.44. The summed E-state index contributed by atoms with van der Waals surface area (Å²) in [6.07, 6.45) is 1.21. The van der Waals surface area contributed by atoms with Gasteiger partial charge in [0.15, 0.2) is 0 Å². The van der Waals surface area contributed by atoms with E-state index < -0.39 is 0 Å². The van der Waals surface area contributed by atoms with Crippen LogP contribution >= 0.6 is 11.3 Å². The Kier molecular flexibility index (Phi) is 3.15. The number of thiazole rings is 1. The Morgan fingerprint density at radius 2 is 2.57 bits per heavy atom. The molecule has 0 saturated carbocycles. The highest BCUT2D eigenvalue weighted by molar-refractivity contribution is 7.09. The van der Waals surface area contributed by atoms with Gasteiger partial charge in [0.1, 0.15) is 0 Å². The van der Waals surface area contributed by atoms with Crippen LogP contribution in [0.15, 0.2) is 5.38 Å². The van der Waals surface area contributed by atoms with E-state index in [9.17, 15) is 0 Å². The monoisotopic (exact) mass is 212 g/mol. The molecule has 1 aliphatic heterocycles. The van der Waals surface area contributed by atoms with Crippen molar-refractivity contribution in [3.05, 3.63) is 16.1 Å². The third-order valence-electron chi connectivity index (χ3n) is 2.80. The lowest BCUT2D eigenvalue weighted by Crippen LogP contribution is -2.19. The quantitative estimate of drug-likeness (QED) is 0.823. The first-order valence-electron chi connectivity index (χ1n) is 5.11. The van der Waals surface area contributed by atoms with E-state index in [2.05, 4.69) is 16.8 Å². The minimum atomic E-state index is 0.0702. The molecule has 1 aromatic rings. The summed E-state index contributed by atoms with van der Waals surface area (Å²) in [6, 6.07) is 0. The lowest BCUT2D eigenvalue weighted by atomic mass is 10.1. The Balaban J connectivity index is 2.02. The molecule has 14 heavy (non-hydrogen) atoms. The molecule has 0 radical (unpaired) electrons. The predicted octanol–water partition coefficient (Wildman–Crippen LogP) is 1.44. The van der Waals surface area contributed by atoms with Gasteiger partial charge < -0.3 is 10.0 Å². The number of likely N-dealkylation sites (N-methyl/N-ethyl adjacent to an activating group) is 1. The molecule has 1 N–H and O–H groups in total. The minimum Gasteiger partial charge on any atom is -0.390 e. The van der Waals surface area contributed by atoms with Gasteiger partial charge in [-0.2, -0.15) is 0 Å². The highest BCUT2D eigenvalue weighted by Gasteiger charge is 2.24. The molecule has 1 saturated heterocycles. The predicted molar refractivity (Wildman–Crippen MR) is 57.5 cm³/mol. The summed E-state index contributed by atoms with van der Waals surface area (Å²) < 4.78 is 0. The van der Waals surface area contributed by atoms with Crippen LogP contribution in [0.3, 0.4) is 0 Å². The van der Waals surface area contributed by atoms with E-state index in [4.69, 9.17) is 5.11 Å². The maximum absolute atomic E-state index is 8.93. The summed E-state index contributed by atoms with van der Waals surface area (Å²) in [7, 11) is 0. The van der Waals surface area contributed by atoms with Gasteiger partial charge in [-0.05, 0) is 19.5 Å². The van der Waals surface area contributed by atoms with Crippen molar-refractivity contribution in [3.63, 3.8) is 0 Å². The number of hydrogen-bond acceptors (Lipinski definition) is 4. The summed E-state index contributed by atoms with van der Waals surface area (Å²) in [5, 5.41) is 12.1. The number of aliphatic hydroxyl groups is 1. The van der Waals surface area contributed by atoms with Gasteiger partial charge >= 0.3 is 0 Å². The van der Waals surface area contributed by atoms with Crippen molar-refractivity contribution in [2.75, 3.05) is 19.6 Å². The number of aromatic nitrogens is 1. The van der Waals surface area contributed by atoms with Gasteiger partial charge in [-0.3, -0.25) is 0 Å². The van der Waals surface area contributed by atoms with Crippen LogP contribution in [0.1, 0.15) is 30.0 Å². The van der Waals surface area contributed by atoms with Crippen LogP contribution in [0.25, 0.3) is 0 Å². The number of nitrogens with zero attached hydrogens (tertiary/aromatic N) is 2. The first kappa shape index (κ1) is 10.1. The van der Waals surface area contributed by atoms with E-state index >= 15 is 0 Å². The Bertz CT molecular complexity index is 300. The Labute approximate surface area is 88.4 Å². The van der Waals surface area contributed by atoms with Crippen LogP contribution in [-0.4, -0.2) is 34.6 Å². The first-order valence-corrected chi connectivity index (χ1v) is 5.99. The van der Waals surface area contributed by atoms with Crippen molar-refractivity contribution >= 4 is 11.3 Å². The number of rotatable bonds is 3. The molecule has 1 atom stereocenters. The van der Waals surface area contributed by atoms with Crippen molar-refractivity contribution in [1.82, 2.24) is 9.88 Å². The summed E-state index contributed by atoms with van der Waals surface area (Å²) >= 11 is 1.69. The third kappa shape index (κ3) is 1.97. The molecule has 78 valence electrons. The van der Waals surface area contributed by atoms with E-state index in [-0.39, 0.29) is 6.61 Å². The number of likely N-dealkylation sites (tertiary alicyclic amines) is 1. The van der Waals surface area contributed by atoms with Crippen LogP contribution in [0, 0.1) is 0 Å². The number of hydrogen-bond donors (Lipinski definition) is 1. The summed E-state index contributed by atoms with van der Waals surface area (Å²) in [5.41, 5.74) is 0.819. The molecule has 0 spiro atoms. The third-order valence-corrected chi connectivity index (χ3v) is 3.86. The Morgan fingerprint density at radius 1 is 1.71 bits per heavy atom. The first-order chi connectivity index (χ1) is 6.83. The molecule has 0 bridgehead atoms. The molecular formula is C10H16N2OS. The lowest BCUT2D eigenvalue weighted by Gasteiger charge is -2.11. The van der Waals surface area contributed by atoms with Crippen molar-refractivity contribution in [2.24, 2.45) is 0 Å². The van der Waals surface area contributed by atoms with Gasteiger partial charge in [0, 0.05) is 17.8 Å². The van der Waals surface area contributed by atoms with Gasteiger partial charge in [-0.15, -0.1) is 11.3 Å². The van der Waals surface area contributed by atoms with Crippen molar-refractivity contribution in [2.45, 2.75) is 25.9 Å². The molecule has 0 aliphatic carbocycles. The van der Waals surface area contributed by atoms with Gasteiger partial charge in [0.2, 0.25) is 0 Å². The molecule has 3 nitrogen and oxygen atoms in total. The van der Waals surface area contributed by atoms with E-state index in [0.717, 1.165) is 18.8 Å². The van der Waals surface area contributed by atoms with Gasteiger partial charge in [-0.1, -0.05) is 6.92 Å². The fourth-order valence-corrected chi connectivity index (χ4v) is 2.84. The average molecular weight is 212 g/mol. The summed E-state index contributed by atoms with van der Waals surface area (Å²) in [4.78, 5) is 6.87. The van der Waals surface area contributed by atoms with Gasteiger partial charge in [-0.25, -0.2) is 4.98 Å². The molecule has 1 unspecified atom stereocenters. The summed E-state index contributed by atoms with van der Waals surface area (Å²) in [5.74, 6) is 0.597. The average Bonchev–Trinajstić information content (AvgIpc) is 2.86. The molecule has 2 rings (SSSR count). The largest absolute Gasteiger partial charge is 0.390 e. The molecule has 1 fully saturated rings. The van der Waals surface area contributed by atoms with Crippen molar-refractivity contribution in [1.29, 1.82) is 0 Å². The molecule has 0 amide bonds. The van der Waals surface area contributed by atoms with Gasteiger partial charge in [0.05, 0.1) is 17.3 Å². The van der Waals surface area contributed by atoms with E-state index in [1.54, 1.807) is 11.3 Å². The fraction of sp³-hybridized carbons (Fsp3) is 0.700. The number of aliphatic hydroxyl groups excluding tert-OH is 1. The fourth-order valence-electron chi connectivity index (χ4n) is 1.90. The second-order valence-electron chi connectivity index (χ2n) is 3.71. The molecule has 0 aromatic carbocycles. The van der Waals surface area contributed by atoms with Crippen LogP contribution in [0.4, 0.5) is 0 Å². The summed E-state index contributed by atoms with van der Waals surface area (Å²) in [6.45, 7) is 5.73. The zero-order valence-corrected chi connectivity index (χ0v) is 9.26. The second-order valence-corrected chi connectivity index (χ2v) is 4.60. The minimum absolute atomic E-state index is 0.0702. The maximum atomic E-state index is 8.93. The lowest BCUT2D eigenvalue weighted by molar-refractivity contribution is 0.277. The van der Waals surface area contributed by atoms with E-state index in [1.165, 1.54) is 18.0 Å². The highest BCUT2D eigenvalue weighted by atomic mass is 32.1. The second kappa shape index (κ2) is 4.38. The molecule has 2 heterocycles. The van der Waals surface area contributed by atoms with Crippen molar-refractivity contribution < 1.29 is 5.11 Å². The highest BCUT2D eigenvalue weighted by Crippen LogP contribution is 2.29. The van der Waals surface area contributed by atoms with E-state index in [0.29, 0.717) is 5.92 Å². The Hall–Kier alpha value is -0.450. The smallest absolute Gasteiger partial charge is 0.0973 e. The molecule has 1 aliphatic rings. The normalized spacial score (nSPS) is 23.1. The standard InChI is InChI=1S/C10H16N2OS/c1-2-12-4-3-8(5-12)10-11-9(6-13)7-14-10/h7-8,13H,2-6H2,1H3.